The van der Waals surface area contributed by atoms with Crippen LogP contribution in [0.5, 0.6) is 0 Å². The van der Waals surface area contributed by atoms with Crippen LogP contribution in [0.4, 0.5) is 0 Å². The van der Waals surface area contributed by atoms with Crippen LogP contribution < -0.4 is 11.1 Å². The van der Waals surface area contributed by atoms with Gasteiger partial charge in [0.1, 0.15) is 6.04 Å². The molecule has 1 unspecified atom stereocenters. The van der Waals surface area contributed by atoms with E-state index < -0.39 is 6.04 Å². The monoisotopic (exact) mass is 206 g/mol. The average molecular weight is 206 g/mol. The standard InChI is InChI=1S/C12H18N2O/c1-8(2)14-12(15)11(13)10-6-4-9(3)5-7-10/h4-8,11H,13H2,1-3H3,(H,14,15). The molecule has 82 valence electrons. The Kier molecular flexibility index (Phi) is 3.86. The second-order valence-electron chi connectivity index (χ2n) is 4.05. The predicted octanol–water partition coefficient (Wildman–Crippen LogP) is 1.52. The minimum absolute atomic E-state index is 0.119. The van der Waals surface area contributed by atoms with E-state index in [1.165, 1.54) is 0 Å². The van der Waals surface area contributed by atoms with Gasteiger partial charge in [0.2, 0.25) is 5.91 Å². The van der Waals surface area contributed by atoms with Gasteiger partial charge < -0.3 is 11.1 Å². The molecule has 0 saturated carbocycles. The summed E-state index contributed by atoms with van der Waals surface area (Å²) in [6, 6.07) is 7.23. The minimum Gasteiger partial charge on any atom is -0.352 e. The topological polar surface area (TPSA) is 55.1 Å². The molecular formula is C12H18N2O. The molecule has 15 heavy (non-hydrogen) atoms. The second-order valence-corrected chi connectivity index (χ2v) is 4.05. The highest BCUT2D eigenvalue weighted by Gasteiger charge is 2.15. The molecule has 0 radical (unpaired) electrons. The Morgan fingerprint density at radius 3 is 2.27 bits per heavy atom. The number of hydrogen-bond donors (Lipinski definition) is 2. The number of carbonyl (C=O) groups is 1. The van der Waals surface area contributed by atoms with Crippen LogP contribution in [0.2, 0.25) is 0 Å². The van der Waals surface area contributed by atoms with Crippen molar-refractivity contribution in [3.63, 3.8) is 0 Å². The molecule has 0 heterocycles. The first-order valence-corrected chi connectivity index (χ1v) is 5.13. The van der Waals surface area contributed by atoms with Gasteiger partial charge in [0.15, 0.2) is 0 Å². The number of rotatable bonds is 3. The molecule has 0 bridgehead atoms. The molecule has 3 N–H and O–H groups in total. The number of nitrogens with two attached hydrogens (primary N) is 1. The Labute approximate surface area is 90.7 Å². The molecule has 3 heteroatoms. The highest BCUT2D eigenvalue weighted by Crippen LogP contribution is 2.11. The summed E-state index contributed by atoms with van der Waals surface area (Å²) in [5.74, 6) is -0.131. The Balaban J connectivity index is 2.71. The first-order chi connectivity index (χ1) is 7.00. The van der Waals surface area contributed by atoms with Crippen LogP contribution in [0.1, 0.15) is 31.0 Å². The summed E-state index contributed by atoms with van der Waals surface area (Å²) in [5.41, 5.74) is 7.83. The van der Waals surface area contributed by atoms with Crippen molar-refractivity contribution in [2.24, 2.45) is 5.73 Å². The van der Waals surface area contributed by atoms with Gasteiger partial charge in [-0.15, -0.1) is 0 Å². The molecule has 0 aromatic heterocycles. The summed E-state index contributed by atoms with van der Waals surface area (Å²) >= 11 is 0. The minimum atomic E-state index is -0.576. The van der Waals surface area contributed by atoms with Crippen LogP contribution in [0, 0.1) is 6.92 Å². The summed E-state index contributed by atoms with van der Waals surface area (Å²) in [4.78, 5) is 11.6. The molecule has 1 aromatic carbocycles. The lowest BCUT2D eigenvalue weighted by atomic mass is 10.1. The Morgan fingerprint density at radius 2 is 1.80 bits per heavy atom. The normalized spacial score (nSPS) is 12.6. The molecule has 1 atom stereocenters. The lowest BCUT2D eigenvalue weighted by Crippen LogP contribution is -2.38. The second kappa shape index (κ2) is 4.94. The van der Waals surface area contributed by atoms with E-state index in [1.807, 2.05) is 45.0 Å². The zero-order chi connectivity index (χ0) is 11.4. The largest absolute Gasteiger partial charge is 0.352 e. The predicted molar refractivity (Wildman–Crippen MR) is 61.4 cm³/mol. The Morgan fingerprint density at radius 1 is 1.27 bits per heavy atom. The zero-order valence-corrected chi connectivity index (χ0v) is 9.45. The number of hydrogen-bond acceptors (Lipinski definition) is 2. The summed E-state index contributed by atoms with van der Waals surface area (Å²) in [6.45, 7) is 5.84. The van der Waals surface area contributed by atoms with E-state index >= 15 is 0 Å². The quantitative estimate of drug-likeness (QED) is 0.787. The molecule has 1 amide bonds. The Hall–Kier alpha value is -1.35. The first-order valence-electron chi connectivity index (χ1n) is 5.13. The number of benzene rings is 1. The molecule has 0 spiro atoms. The van der Waals surface area contributed by atoms with Crippen molar-refractivity contribution in [2.45, 2.75) is 32.9 Å². The lowest BCUT2D eigenvalue weighted by Gasteiger charge is -2.14. The van der Waals surface area contributed by atoms with Gasteiger partial charge in [0, 0.05) is 6.04 Å². The molecule has 0 fully saturated rings. The number of nitrogens with one attached hydrogen (secondary N) is 1. The van der Waals surface area contributed by atoms with Crippen molar-refractivity contribution >= 4 is 5.91 Å². The summed E-state index contributed by atoms with van der Waals surface area (Å²) in [7, 11) is 0. The van der Waals surface area contributed by atoms with Gasteiger partial charge in [0.25, 0.3) is 0 Å². The molecule has 0 aliphatic carbocycles. The van der Waals surface area contributed by atoms with Crippen LogP contribution in [-0.2, 0) is 4.79 Å². The van der Waals surface area contributed by atoms with E-state index in [4.69, 9.17) is 5.73 Å². The molecular weight excluding hydrogens is 188 g/mol. The van der Waals surface area contributed by atoms with E-state index in [9.17, 15) is 4.79 Å². The van der Waals surface area contributed by atoms with Crippen molar-refractivity contribution in [1.82, 2.24) is 5.32 Å². The Bertz CT molecular complexity index is 330. The molecule has 0 saturated heterocycles. The highest BCUT2D eigenvalue weighted by atomic mass is 16.2. The SMILES string of the molecule is Cc1ccc(C(N)C(=O)NC(C)C)cc1. The maximum atomic E-state index is 11.6. The van der Waals surface area contributed by atoms with Crippen molar-refractivity contribution in [2.75, 3.05) is 0 Å². The third-order valence-corrected chi connectivity index (χ3v) is 2.15. The number of amides is 1. The van der Waals surface area contributed by atoms with E-state index in [2.05, 4.69) is 5.32 Å². The first kappa shape index (κ1) is 11.7. The average Bonchev–Trinajstić information content (AvgIpc) is 2.17. The van der Waals surface area contributed by atoms with Gasteiger partial charge >= 0.3 is 0 Å². The summed E-state index contributed by atoms with van der Waals surface area (Å²) in [5, 5.41) is 2.79. The van der Waals surface area contributed by atoms with Gasteiger partial charge in [0.05, 0.1) is 0 Å². The molecule has 0 aliphatic heterocycles. The van der Waals surface area contributed by atoms with Crippen molar-refractivity contribution in [3.8, 4) is 0 Å². The van der Waals surface area contributed by atoms with Gasteiger partial charge in [-0.1, -0.05) is 29.8 Å². The van der Waals surface area contributed by atoms with Crippen LogP contribution in [0.15, 0.2) is 24.3 Å². The summed E-state index contributed by atoms with van der Waals surface area (Å²) in [6.07, 6.45) is 0. The van der Waals surface area contributed by atoms with Gasteiger partial charge in [-0.25, -0.2) is 0 Å². The third-order valence-electron chi connectivity index (χ3n) is 2.15. The fourth-order valence-electron chi connectivity index (χ4n) is 1.30. The van der Waals surface area contributed by atoms with Crippen LogP contribution in [0.25, 0.3) is 0 Å². The highest BCUT2D eigenvalue weighted by molar-refractivity contribution is 5.83. The lowest BCUT2D eigenvalue weighted by molar-refractivity contribution is -0.122. The van der Waals surface area contributed by atoms with Crippen molar-refractivity contribution < 1.29 is 4.79 Å². The number of carbonyl (C=O) groups excluding carboxylic acids is 1. The molecule has 3 nitrogen and oxygen atoms in total. The fourth-order valence-corrected chi connectivity index (χ4v) is 1.30. The van der Waals surface area contributed by atoms with Crippen molar-refractivity contribution in [1.29, 1.82) is 0 Å². The van der Waals surface area contributed by atoms with Crippen LogP contribution >= 0.6 is 0 Å². The van der Waals surface area contributed by atoms with Crippen molar-refractivity contribution in [3.05, 3.63) is 35.4 Å². The smallest absolute Gasteiger partial charge is 0.241 e. The third kappa shape index (κ3) is 3.36. The van der Waals surface area contributed by atoms with Crippen LogP contribution in [0.3, 0.4) is 0 Å². The maximum Gasteiger partial charge on any atom is 0.241 e. The summed E-state index contributed by atoms with van der Waals surface area (Å²) < 4.78 is 0. The van der Waals surface area contributed by atoms with E-state index in [0.717, 1.165) is 11.1 Å². The molecule has 1 aromatic rings. The van der Waals surface area contributed by atoms with Gasteiger partial charge in [-0.3, -0.25) is 4.79 Å². The maximum absolute atomic E-state index is 11.6. The van der Waals surface area contributed by atoms with Crippen LogP contribution in [-0.4, -0.2) is 11.9 Å². The fraction of sp³-hybridized carbons (Fsp3) is 0.417. The van der Waals surface area contributed by atoms with E-state index in [-0.39, 0.29) is 11.9 Å². The number of aryl methyl sites for hydroxylation is 1. The molecule has 1 rings (SSSR count). The molecule has 0 aliphatic rings. The zero-order valence-electron chi connectivity index (χ0n) is 9.45. The van der Waals surface area contributed by atoms with Gasteiger partial charge in [-0.2, -0.15) is 0 Å². The van der Waals surface area contributed by atoms with E-state index in [0.29, 0.717) is 0 Å². The van der Waals surface area contributed by atoms with Gasteiger partial charge in [-0.05, 0) is 26.3 Å². The van der Waals surface area contributed by atoms with E-state index in [1.54, 1.807) is 0 Å².